The Bertz CT molecular complexity index is 1080. The Morgan fingerprint density at radius 2 is 1.44 bits per heavy atom. The van der Waals surface area contributed by atoms with E-state index in [1.54, 1.807) is 12.3 Å². The van der Waals surface area contributed by atoms with Gasteiger partial charge in [0.1, 0.15) is 0 Å². The van der Waals surface area contributed by atoms with Crippen molar-refractivity contribution in [3.05, 3.63) is 89.5 Å². The molecule has 32 heavy (non-hydrogen) atoms. The third kappa shape index (κ3) is 7.94. The van der Waals surface area contributed by atoms with E-state index in [1.807, 2.05) is 43.3 Å². The van der Waals surface area contributed by atoms with Gasteiger partial charge in [0.15, 0.2) is 0 Å². The first kappa shape index (κ1) is 25.9. The van der Waals surface area contributed by atoms with Gasteiger partial charge in [-0.15, -0.1) is 0 Å². The summed E-state index contributed by atoms with van der Waals surface area (Å²) in [6.07, 6.45) is 1.56. The van der Waals surface area contributed by atoms with E-state index in [0.29, 0.717) is 0 Å². The van der Waals surface area contributed by atoms with Crippen molar-refractivity contribution in [1.82, 2.24) is 0 Å². The van der Waals surface area contributed by atoms with Crippen LogP contribution in [0.25, 0.3) is 0 Å². The Morgan fingerprint density at radius 3 is 1.88 bits per heavy atom. The third-order valence-electron chi connectivity index (χ3n) is 4.62. The van der Waals surface area contributed by atoms with Gasteiger partial charge in [0.25, 0.3) is 0 Å². The quantitative estimate of drug-likeness (QED) is 0.153. The van der Waals surface area contributed by atoms with Crippen molar-refractivity contribution in [2.75, 3.05) is 19.0 Å². The molecular formula is C25H25ClN4SSn. The zero-order valence-corrected chi connectivity index (χ0v) is 23.0. The fourth-order valence-electron chi connectivity index (χ4n) is 2.81. The number of hydrogen-bond donors (Lipinski definition) is 0. The predicted octanol–water partition coefficient (Wildman–Crippen LogP) is 4.20. The Labute approximate surface area is 207 Å². The summed E-state index contributed by atoms with van der Waals surface area (Å²) in [6.45, 7) is 4.30. The number of aryl methyl sites for hydroxylation is 2. The van der Waals surface area contributed by atoms with Crippen molar-refractivity contribution in [3.8, 4) is 6.07 Å². The van der Waals surface area contributed by atoms with Crippen LogP contribution in [0.1, 0.15) is 16.7 Å². The molecule has 0 aromatic heterocycles. The van der Waals surface area contributed by atoms with E-state index >= 15 is 0 Å². The molecule has 4 nitrogen and oxygen atoms in total. The Hall–Kier alpha value is -2.40. The van der Waals surface area contributed by atoms with Gasteiger partial charge < -0.3 is 17.5 Å². The molecule has 7 heteroatoms. The minimum atomic E-state index is -2.14. The molecule has 0 saturated carbocycles. The van der Waals surface area contributed by atoms with E-state index in [4.69, 9.17) is 14.2 Å². The van der Waals surface area contributed by atoms with Gasteiger partial charge in [0, 0.05) is 24.8 Å². The number of anilines is 1. The summed E-state index contributed by atoms with van der Waals surface area (Å²) in [5.74, 6) is 0. The summed E-state index contributed by atoms with van der Waals surface area (Å²) in [5, 5.41) is 15.5. The number of rotatable bonds is 5. The van der Waals surface area contributed by atoms with E-state index in [1.165, 1.54) is 18.3 Å². The van der Waals surface area contributed by atoms with E-state index in [9.17, 15) is 0 Å². The molecule has 0 saturated heterocycles. The van der Waals surface area contributed by atoms with Gasteiger partial charge in [-0.25, -0.2) is 0 Å². The van der Waals surface area contributed by atoms with E-state index in [0.717, 1.165) is 11.3 Å². The standard InChI is InChI=1S/C11H12N4S.2C7H7.ClH.Sn/c1-15(2)10-5-3-9(4-6-10)8-13-14-11(16)7-12;2*1-7-5-3-2-4-6-7;;/h3-6,8H,1-2H3,(H,14,16);2*2-5H,1H3;1H;/q;;;;+2/p-2. The molecule has 0 aliphatic heterocycles. The van der Waals surface area contributed by atoms with Gasteiger partial charge in [-0.05, 0) is 17.7 Å². The van der Waals surface area contributed by atoms with Crippen molar-refractivity contribution in [2.24, 2.45) is 10.2 Å². The number of hydrogen-bond acceptors (Lipinski definition) is 5. The average Bonchev–Trinajstić information content (AvgIpc) is 2.80. The molecular weight excluding hydrogens is 543 g/mol. The van der Waals surface area contributed by atoms with Crippen molar-refractivity contribution >= 4 is 64.3 Å². The van der Waals surface area contributed by atoms with Crippen molar-refractivity contribution in [3.63, 3.8) is 0 Å². The molecule has 0 radical (unpaired) electrons. The molecule has 0 heterocycles. The maximum absolute atomic E-state index is 8.37. The summed E-state index contributed by atoms with van der Waals surface area (Å²) in [6, 6.07) is 26.5. The van der Waals surface area contributed by atoms with Crippen LogP contribution >= 0.6 is 8.92 Å². The van der Waals surface area contributed by atoms with Crippen LogP contribution in [0.15, 0.2) is 83.0 Å². The molecule has 3 rings (SSSR count). The summed E-state index contributed by atoms with van der Waals surface area (Å²) >= 11 is 2.44. The zero-order chi connectivity index (χ0) is 23.5. The van der Waals surface area contributed by atoms with Gasteiger partial charge in [-0.2, -0.15) is 15.5 Å². The summed E-state index contributed by atoms with van der Waals surface area (Å²) < 4.78 is 2.78. The molecule has 0 N–H and O–H groups in total. The second kappa shape index (κ2) is 13.2. The maximum atomic E-state index is 8.37. The van der Waals surface area contributed by atoms with Crippen molar-refractivity contribution in [1.29, 1.82) is 5.26 Å². The van der Waals surface area contributed by atoms with Gasteiger partial charge in [-0.3, -0.25) is 0 Å². The number of nitriles is 1. The van der Waals surface area contributed by atoms with Crippen LogP contribution in [-0.4, -0.2) is 44.0 Å². The van der Waals surface area contributed by atoms with E-state index < -0.39 is 18.6 Å². The third-order valence-corrected chi connectivity index (χ3v) is 13.4. The molecule has 0 atom stereocenters. The molecule has 3 aromatic rings. The normalized spacial score (nSPS) is 10.8. The second-order valence-corrected chi connectivity index (χ2v) is 15.0. The fourth-order valence-corrected chi connectivity index (χ4v) is 10.4. The number of nitrogens with zero attached hydrogens (tertiary/aromatic N) is 4. The fraction of sp³-hybridized carbons (Fsp3) is 0.160. The molecule has 0 fully saturated rings. The average molecular weight is 568 g/mol. The molecule has 0 bridgehead atoms. The van der Waals surface area contributed by atoms with Crippen LogP contribution in [0.3, 0.4) is 0 Å². The van der Waals surface area contributed by atoms with Crippen LogP contribution in [0, 0.1) is 25.2 Å². The van der Waals surface area contributed by atoms with Crippen LogP contribution in [0.4, 0.5) is 5.69 Å². The molecule has 0 amide bonds. The second-order valence-electron chi connectivity index (χ2n) is 7.19. The summed E-state index contributed by atoms with van der Waals surface area (Å²) in [5.41, 5.74) is 4.68. The monoisotopic (exact) mass is 568 g/mol. The first-order chi connectivity index (χ1) is 15.3. The van der Waals surface area contributed by atoms with Gasteiger partial charge in [0.2, 0.25) is 0 Å². The minimum absolute atomic E-state index is 0.0684. The Morgan fingerprint density at radius 1 is 0.938 bits per heavy atom. The summed E-state index contributed by atoms with van der Waals surface area (Å²) in [7, 11) is 10.7. The van der Waals surface area contributed by atoms with Gasteiger partial charge in [0.05, 0.1) is 12.3 Å². The Balaban J connectivity index is 0.000000227. The first-order valence-electron chi connectivity index (χ1n) is 9.93. The molecule has 0 spiro atoms. The summed E-state index contributed by atoms with van der Waals surface area (Å²) in [4.78, 5) is 2.01. The van der Waals surface area contributed by atoms with Crippen LogP contribution in [0.2, 0.25) is 0 Å². The number of benzene rings is 3. The molecule has 0 aliphatic rings. The molecule has 3 aromatic carbocycles. The first-order valence-corrected chi connectivity index (χ1v) is 16.8. The molecule has 0 aliphatic carbocycles. The van der Waals surface area contributed by atoms with Gasteiger partial charge >= 0.3 is 108 Å². The van der Waals surface area contributed by atoms with E-state index in [2.05, 4.69) is 85.2 Å². The SMILES string of the molecule is CN(C)c1ccc(C=NN=C([S-])C#N)cc1.Cc1cccc[c]1[Sn+]([Cl])[c]1ccccc1C. The molecule has 162 valence electrons. The molecule has 0 unspecified atom stereocenters. The zero-order valence-electron chi connectivity index (χ0n) is 18.6. The van der Waals surface area contributed by atoms with Crippen LogP contribution in [0.5, 0.6) is 0 Å². The van der Waals surface area contributed by atoms with Crippen LogP contribution in [-0.2, 0) is 12.6 Å². The van der Waals surface area contributed by atoms with E-state index in [-0.39, 0.29) is 5.04 Å². The van der Waals surface area contributed by atoms with Crippen molar-refractivity contribution in [2.45, 2.75) is 13.8 Å². The van der Waals surface area contributed by atoms with Crippen molar-refractivity contribution < 1.29 is 0 Å². The van der Waals surface area contributed by atoms with Crippen LogP contribution < -0.4 is 12.1 Å². The predicted molar refractivity (Wildman–Crippen MR) is 142 cm³/mol. The topological polar surface area (TPSA) is 51.8 Å². The number of halogens is 1. The Kier molecular flexibility index (Phi) is 10.7. The van der Waals surface area contributed by atoms with Gasteiger partial charge in [-0.1, -0.05) is 12.1 Å².